The molecule has 0 amide bonds. The lowest BCUT2D eigenvalue weighted by molar-refractivity contribution is -0.138. The molecule has 10 nitrogen and oxygen atoms in total. The van der Waals surface area contributed by atoms with Crippen molar-refractivity contribution in [2.24, 2.45) is 23.7 Å². The summed E-state index contributed by atoms with van der Waals surface area (Å²) in [5.74, 6) is -0.232. The van der Waals surface area contributed by atoms with Gasteiger partial charge in [-0.25, -0.2) is 0 Å². The van der Waals surface area contributed by atoms with E-state index in [-0.39, 0.29) is 73.3 Å². The average Bonchev–Trinajstić information content (AvgIpc) is 3.67. The van der Waals surface area contributed by atoms with E-state index in [1.54, 1.807) is 7.11 Å². The zero-order valence-electron chi connectivity index (χ0n) is 29.3. The maximum atomic E-state index is 11.7. The van der Waals surface area contributed by atoms with Gasteiger partial charge in [0.1, 0.15) is 0 Å². The van der Waals surface area contributed by atoms with E-state index in [1.807, 2.05) is 7.11 Å². The Morgan fingerprint density at radius 2 is 1.30 bits per heavy atom. The van der Waals surface area contributed by atoms with Gasteiger partial charge in [-0.15, -0.1) is 0 Å². The van der Waals surface area contributed by atoms with Crippen molar-refractivity contribution in [1.29, 1.82) is 0 Å². The van der Waals surface area contributed by atoms with Crippen molar-refractivity contribution >= 4 is 11.9 Å². The highest BCUT2D eigenvalue weighted by Crippen LogP contribution is 2.43. The van der Waals surface area contributed by atoms with E-state index in [9.17, 15) is 19.8 Å². The second-order valence-electron chi connectivity index (χ2n) is 15.2. The Bertz CT molecular complexity index is 1190. The Morgan fingerprint density at radius 1 is 0.739 bits per heavy atom. The van der Waals surface area contributed by atoms with Crippen molar-refractivity contribution < 1.29 is 29.3 Å². The molecule has 10 heteroatoms. The fraction of sp³-hybridized carbons (Fsp3) is 0.833. The molecule has 3 fully saturated rings. The number of ether oxygens (including phenoxy) is 2. The number of nitrogens with one attached hydrogen (secondary N) is 4. The Hall–Kier alpha value is -1.82. The number of methoxy groups -OCH3 is 2. The second-order valence-corrected chi connectivity index (χ2v) is 15.2. The molecule has 0 aromatic carbocycles. The number of hydrogen-bond acceptors (Lipinski definition) is 8. The van der Waals surface area contributed by atoms with Gasteiger partial charge in [-0.05, 0) is 89.5 Å². The molecule has 0 spiro atoms. The Morgan fingerprint density at radius 3 is 1.96 bits per heavy atom. The predicted octanol–water partition coefficient (Wildman–Crippen LogP) is 3.86. The van der Waals surface area contributed by atoms with E-state index in [0.29, 0.717) is 36.6 Å². The maximum absolute atomic E-state index is 11.7. The Balaban J connectivity index is 1.53. The summed E-state index contributed by atoms with van der Waals surface area (Å²) >= 11 is 0. The molecule has 5 aliphatic heterocycles. The lowest BCUT2D eigenvalue weighted by atomic mass is 9.80. The molecule has 5 aliphatic rings. The smallest absolute Gasteiger partial charge is 0.303 e. The summed E-state index contributed by atoms with van der Waals surface area (Å²) in [6.45, 7) is 13.5. The third kappa shape index (κ3) is 7.13. The summed E-state index contributed by atoms with van der Waals surface area (Å²) < 4.78 is 11.9. The number of carboxylic acid groups (broad SMARTS) is 2. The van der Waals surface area contributed by atoms with Crippen molar-refractivity contribution in [1.82, 2.24) is 21.3 Å². The van der Waals surface area contributed by atoms with Gasteiger partial charge in [0.15, 0.2) is 0 Å². The van der Waals surface area contributed by atoms with Gasteiger partial charge in [-0.3, -0.25) is 9.59 Å². The molecule has 6 N–H and O–H groups in total. The fourth-order valence-corrected chi connectivity index (χ4v) is 10.2. The number of hydrogen-bond donors (Lipinski definition) is 6. The van der Waals surface area contributed by atoms with Crippen LogP contribution in [0.2, 0.25) is 0 Å². The zero-order chi connectivity index (χ0) is 33.4. The zero-order valence-corrected chi connectivity index (χ0v) is 29.3. The molecular formula is C36H60N4O6. The van der Waals surface area contributed by atoms with Crippen LogP contribution in [0.15, 0.2) is 22.3 Å². The number of rotatable bonds is 10. The van der Waals surface area contributed by atoms with Gasteiger partial charge in [-0.1, -0.05) is 30.6 Å². The monoisotopic (exact) mass is 644 g/mol. The predicted molar refractivity (Wildman–Crippen MR) is 179 cm³/mol. The lowest BCUT2D eigenvalue weighted by Gasteiger charge is -2.30. The van der Waals surface area contributed by atoms with Crippen LogP contribution >= 0.6 is 0 Å². The van der Waals surface area contributed by atoms with Crippen LogP contribution in [-0.4, -0.2) is 96.9 Å². The van der Waals surface area contributed by atoms with Gasteiger partial charge in [0, 0.05) is 81.3 Å². The van der Waals surface area contributed by atoms with Crippen molar-refractivity contribution in [3.8, 4) is 0 Å². The number of aliphatic carboxylic acids is 2. The first-order valence-corrected chi connectivity index (χ1v) is 17.8. The standard InChI is InChI=1S/C36H60N4O6/c1-17-23(9-11-33(41)42)29-16-30-24(10-12-34(43)44)18(2)26(38-30)14-31-36(22(6)46-8)20(4)28(40-31)15-32-35(21(5)45-7)19(3)27(39-32)13-25(17)37-29/h18-19,21-22,24-32,35,37-40H,9-16H2,1-8H3,(H,41,42)(H,43,44). The molecule has 0 aromatic rings. The van der Waals surface area contributed by atoms with Crippen LogP contribution < -0.4 is 21.3 Å². The van der Waals surface area contributed by atoms with Gasteiger partial charge in [0.2, 0.25) is 0 Å². The summed E-state index contributed by atoms with van der Waals surface area (Å²) in [4.78, 5) is 23.4. The van der Waals surface area contributed by atoms with Crippen molar-refractivity contribution in [3.05, 3.63) is 22.3 Å². The number of carboxylic acids is 2. The molecule has 0 saturated carbocycles. The minimum absolute atomic E-state index is 0.00152. The van der Waals surface area contributed by atoms with Crippen LogP contribution in [0, 0.1) is 23.7 Å². The third-order valence-electron chi connectivity index (χ3n) is 13.0. The first kappa shape index (κ1) is 35.5. The molecule has 14 atom stereocenters. The summed E-state index contributed by atoms with van der Waals surface area (Å²) in [5.41, 5.74) is 5.25. The second kappa shape index (κ2) is 14.7. The quantitative estimate of drug-likeness (QED) is 0.194. The fourth-order valence-electron chi connectivity index (χ4n) is 10.2. The van der Waals surface area contributed by atoms with Crippen LogP contribution in [0.4, 0.5) is 0 Å². The van der Waals surface area contributed by atoms with E-state index in [0.717, 1.165) is 25.7 Å². The molecular weight excluding hydrogens is 584 g/mol. The average molecular weight is 645 g/mol. The molecule has 0 aromatic heterocycles. The Labute approximate surface area is 275 Å². The maximum Gasteiger partial charge on any atom is 0.303 e. The highest BCUT2D eigenvalue weighted by atomic mass is 16.5. The molecule has 14 unspecified atom stereocenters. The number of fused-ring (bicyclic) bond motifs is 8. The summed E-state index contributed by atoms with van der Waals surface area (Å²) in [6.07, 6.45) is 5.21. The summed E-state index contributed by atoms with van der Waals surface area (Å²) in [7, 11) is 3.61. The van der Waals surface area contributed by atoms with Gasteiger partial charge in [-0.2, -0.15) is 0 Å². The van der Waals surface area contributed by atoms with E-state index >= 15 is 0 Å². The van der Waals surface area contributed by atoms with E-state index in [2.05, 4.69) is 62.8 Å². The molecule has 0 radical (unpaired) electrons. The molecule has 3 saturated heterocycles. The summed E-state index contributed by atoms with van der Waals surface area (Å²) in [6, 6.07) is 1.57. The van der Waals surface area contributed by atoms with Crippen LogP contribution in [0.25, 0.3) is 0 Å². The third-order valence-corrected chi connectivity index (χ3v) is 13.0. The molecule has 5 rings (SSSR count). The normalized spacial score (nSPS) is 40.9. The Kier molecular flexibility index (Phi) is 11.4. The van der Waals surface area contributed by atoms with E-state index in [1.165, 1.54) is 22.3 Å². The highest BCUT2D eigenvalue weighted by Gasteiger charge is 2.49. The van der Waals surface area contributed by atoms with Crippen LogP contribution in [0.1, 0.15) is 92.9 Å². The molecule has 0 aliphatic carbocycles. The topological polar surface area (TPSA) is 141 Å². The van der Waals surface area contributed by atoms with Gasteiger partial charge in [0.25, 0.3) is 0 Å². The summed E-state index contributed by atoms with van der Waals surface area (Å²) in [5, 5.41) is 35.4. The first-order chi connectivity index (χ1) is 21.8. The first-order valence-electron chi connectivity index (χ1n) is 17.8. The highest BCUT2D eigenvalue weighted by molar-refractivity contribution is 5.67. The van der Waals surface area contributed by atoms with Gasteiger partial charge < -0.3 is 41.0 Å². The molecule has 260 valence electrons. The van der Waals surface area contributed by atoms with Crippen molar-refractivity contribution in [2.75, 3.05) is 14.2 Å². The lowest BCUT2D eigenvalue weighted by Crippen LogP contribution is -2.46. The SMILES string of the molecule is COC(C)C1=C(C)C2CC3NC(CC4NC(CC5NC(CC1N2)C(C)C5CCC(=O)O)C(CCC(=O)O)=C4C)C(C)C3C(C)OC. The van der Waals surface area contributed by atoms with Crippen LogP contribution in [-0.2, 0) is 19.1 Å². The van der Waals surface area contributed by atoms with Gasteiger partial charge in [0.05, 0.1) is 12.2 Å². The molecule has 46 heavy (non-hydrogen) atoms. The minimum Gasteiger partial charge on any atom is -0.481 e. The van der Waals surface area contributed by atoms with Crippen LogP contribution in [0.3, 0.4) is 0 Å². The van der Waals surface area contributed by atoms with Crippen LogP contribution in [0.5, 0.6) is 0 Å². The van der Waals surface area contributed by atoms with Crippen molar-refractivity contribution in [3.63, 3.8) is 0 Å². The van der Waals surface area contributed by atoms with Gasteiger partial charge >= 0.3 is 11.9 Å². The van der Waals surface area contributed by atoms with E-state index < -0.39 is 11.9 Å². The molecule has 8 bridgehead atoms. The van der Waals surface area contributed by atoms with E-state index in [4.69, 9.17) is 9.47 Å². The largest absolute Gasteiger partial charge is 0.481 e. The minimum atomic E-state index is -0.773. The van der Waals surface area contributed by atoms with Crippen molar-refractivity contribution in [2.45, 2.75) is 153 Å². The molecule has 5 heterocycles. The number of carbonyl (C=O) groups is 2.